The first kappa shape index (κ1) is 47.1. The van der Waals surface area contributed by atoms with E-state index in [1.807, 2.05) is 118 Å². The topological polar surface area (TPSA) is 84.5 Å². The van der Waals surface area contributed by atoms with Crippen molar-refractivity contribution in [2.45, 2.75) is 53.4 Å². The predicted octanol–water partition coefficient (Wildman–Crippen LogP) is 14.0. The van der Waals surface area contributed by atoms with Crippen LogP contribution >= 0.6 is 23.5 Å². The lowest BCUT2D eigenvalue weighted by molar-refractivity contribution is 0.0468. The summed E-state index contributed by atoms with van der Waals surface area (Å²) in [5.41, 5.74) is 6.73. The Balaban J connectivity index is 0.00000111. The molecule has 310 valence electrons. The maximum atomic E-state index is 14.9. The summed E-state index contributed by atoms with van der Waals surface area (Å²) in [5.74, 6) is -1.05. The van der Waals surface area contributed by atoms with E-state index in [9.17, 15) is 14.4 Å². The molecule has 1 aliphatic carbocycles. The number of esters is 1. The average molecular weight is 845 g/mol. The zero-order valence-corrected chi connectivity index (χ0v) is 36.9. The van der Waals surface area contributed by atoms with E-state index < -0.39 is 5.97 Å². The quantitative estimate of drug-likeness (QED) is 0.0877. The van der Waals surface area contributed by atoms with E-state index in [0.29, 0.717) is 43.6 Å². The number of carbonyl (C=O) groups excluding carboxylic acids is 3. The summed E-state index contributed by atoms with van der Waals surface area (Å²) in [6.07, 6.45) is 5.77. The molecule has 1 aliphatic rings. The van der Waals surface area contributed by atoms with E-state index in [-0.39, 0.29) is 34.9 Å². The second-order valence-electron chi connectivity index (χ2n) is 12.9. The monoisotopic (exact) mass is 844 g/mol. The first-order valence-electron chi connectivity index (χ1n) is 19.8. The van der Waals surface area contributed by atoms with Crippen LogP contribution in [0.4, 0.5) is 11.4 Å². The fourth-order valence-corrected chi connectivity index (χ4v) is 8.62. The van der Waals surface area contributed by atoms with Crippen LogP contribution in [0.1, 0.15) is 85.2 Å². The van der Waals surface area contributed by atoms with Crippen LogP contribution in [-0.2, 0) is 17.8 Å². The molecule has 0 amide bonds. The summed E-state index contributed by atoms with van der Waals surface area (Å²) in [6.45, 7) is 23.1. The normalized spacial score (nSPS) is 10.7. The molecule has 0 unspecified atom stereocenters. The third kappa shape index (κ3) is 11.4. The molecule has 0 aromatic heterocycles. The Morgan fingerprint density at radius 3 is 1.74 bits per heavy atom. The zero-order valence-electron chi connectivity index (χ0n) is 35.3. The van der Waals surface area contributed by atoms with Crippen LogP contribution in [0.5, 0.6) is 0 Å². The lowest BCUT2D eigenvalue weighted by atomic mass is 9.82. The Morgan fingerprint density at radius 2 is 1.15 bits per heavy atom. The van der Waals surface area contributed by atoms with E-state index in [1.165, 1.54) is 29.7 Å². The van der Waals surface area contributed by atoms with Crippen molar-refractivity contribution in [2.75, 3.05) is 17.7 Å². The highest BCUT2D eigenvalue weighted by atomic mass is 32.2. The van der Waals surface area contributed by atoms with Crippen LogP contribution in [0.15, 0.2) is 192 Å². The van der Waals surface area contributed by atoms with E-state index in [0.717, 1.165) is 27.1 Å². The van der Waals surface area contributed by atoms with Crippen molar-refractivity contribution in [1.29, 1.82) is 0 Å². The van der Waals surface area contributed by atoms with Crippen LogP contribution in [0.2, 0.25) is 0 Å². The summed E-state index contributed by atoms with van der Waals surface area (Å²) >= 11 is 2.73. The van der Waals surface area contributed by atoms with Gasteiger partial charge in [0.25, 0.3) is 0 Å². The Morgan fingerprint density at radius 1 is 0.623 bits per heavy atom. The van der Waals surface area contributed by atoms with Gasteiger partial charge in [0.2, 0.25) is 0 Å². The number of ether oxygens (including phenoxy) is 1. The van der Waals surface area contributed by atoms with Crippen molar-refractivity contribution in [3.05, 3.63) is 223 Å². The maximum Gasteiger partial charge on any atom is 0.339 e. The summed E-state index contributed by atoms with van der Waals surface area (Å²) in [4.78, 5) is 46.0. The summed E-state index contributed by atoms with van der Waals surface area (Å²) in [7, 11) is 1.73. The van der Waals surface area contributed by atoms with Gasteiger partial charge < -0.3 is 15.4 Å². The Bertz CT molecular complexity index is 2490. The van der Waals surface area contributed by atoms with E-state index in [4.69, 9.17) is 4.74 Å². The standard InChI is InChI=1S/C46H36N2O4S2.C3H6.C2H6.C2H4/c1-4-29-19-21-30(22-20-29)27-32-15-9-11-17-36(32)53-38-26-24-35(48-5-2)41-43(38)44(49)40-34(47-3)23-25-39(42(40)45(41)50)54-37-18-12-10-16-33(37)46(51)52-28-31-13-7-6-8-14-31;1-3-2;2*1-2/h4-26,47-48H,1-2,27-28H2,3H3;3H,1H2,2H3;1-2H3;1-2H2. The molecular formula is C53H52N2O4S2. The number of hydrogen-bond donors (Lipinski definition) is 2. The van der Waals surface area contributed by atoms with Crippen molar-refractivity contribution in [2.24, 2.45) is 0 Å². The van der Waals surface area contributed by atoms with Gasteiger partial charge in [0.15, 0.2) is 11.6 Å². The van der Waals surface area contributed by atoms with Crippen molar-refractivity contribution < 1.29 is 19.1 Å². The van der Waals surface area contributed by atoms with Crippen LogP contribution in [0.25, 0.3) is 6.08 Å². The highest BCUT2D eigenvalue weighted by molar-refractivity contribution is 7.99. The molecular weight excluding hydrogens is 793 g/mol. The van der Waals surface area contributed by atoms with Gasteiger partial charge in [0.05, 0.1) is 22.4 Å². The minimum atomic E-state index is -0.483. The highest BCUT2D eigenvalue weighted by Crippen LogP contribution is 2.46. The molecule has 0 aliphatic heterocycles. The first-order chi connectivity index (χ1) is 29.8. The van der Waals surface area contributed by atoms with Gasteiger partial charge in [0, 0.05) is 43.4 Å². The molecule has 7 rings (SSSR count). The van der Waals surface area contributed by atoms with E-state index in [1.54, 1.807) is 31.3 Å². The van der Waals surface area contributed by atoms with Gasteiger partial charge >= 0.3 is 5.97 Å². The smallest absolute Gasteiger partial charge is 0.339 e. The molecule has 61 heavy (non-hydrogen) atoms. The van der Waals surface area contributed by atoms with Gasteiger partial charge in [-0.05, 0) is 84.3 Å². The van der Waals surface area contributed by atoms with Gasteiger partial charge in [-0.25, -0.2) is 4.79 Å². The Hall–Kier alpha value is -6.61. The number of benzene rings is 6. The Labute approximate surface area is 369 Å². The molecule has 2 N–H and O–H groups in total. The molecule has 0 spiro atoms. The van der Waals surface area contributed by atoms with Gasteiger partial charge in [-0.1, -0.05) is 148 Å². The lowest BCUT2D eigenvalue weighted by Crippen LogP contribution is -2.25. The number of fused-ring (bicyclic) bond motifs is 2. The molecule has 0 radical (unpaired) electrons. The molecule has 0 heterocycles. The molecule has 0 bridgehead atoms. The van der Waals surface area contributed by atoms with Crippen LogP contribution < -0.4 is 10.6 Å². The third-order valence-corrected chi connectivity index (χ3v) is 11.4. The molecule has 6 nitrogen and oxygen atoms in total. The van der Waals surface area contributed by atoms with Crippen molar-refractivity contribution in [3.63, 3.8) is 0 Å². The van der Waals surface area contributed by atoms with Crippen LogP contribution in [0.3, 0.4) is 0 Å². The van der Waals surface area contributed by atoms with Crippen molar-refractivity contribution in [1.82, 2.24) is 0 Å². The number of allylic oxidation sites excluding steroid dienone is 1. The fourth-order valence-electron chi connectivity index (χ4n) is 6.45. The molecule has 8 heteroatoms. The first-order valence-corrected chi connectivity index (χ1v) is 21.5. The number of nitrogens with one attached hydrogen (secondary N) is 2. The zero-order chi connectivity index (χ0) is 44.3. The molecule has 6 aromatic rings. The molecule has 0 saturated carbocycles. The molecule has 0 fully saturated rings. The second-order valence-corrected chi connectivity index (χ2v) is 15.0. The van der Waals surface area contributed by atoms with Crippen molar-refractivity contribution >= 4 is 58.5 Å². The minimum absolute atomic E-state index is 0.126. The highest BCUT2D eigenvalue weighted by Gasteiger charge is 2.38. The van der Waals surface area contributed by atoms with Gasteiger partial charge in [-0.3, -0.25) is 9.59 Å². The average Bonchev–Trinajstić information content (AvgIpc) is 3.30. The van der Waals surface area contributed by atoms with Crippen molar-refractivity contribution in [3.8, 4) is 0 Å². The lowest BCUT2D eigenvalue weighted by Gasteiger charge is -2.26. The number of hydrogen-bond acceptors (Lipinski definition) is 8. The third-order valence-electron chi connectivity index (χ3n) is 9.11. The largest absolute Gasteiger partial charge is 0.457 e. The second kappa shape index (κ2) is 23.8. The van der Waals surface area contributed by atoms with Gasteiger partial charge in [0.1, 0.15) is 6.61 Å². The van der Waals surface area contributed by atoms with Gasteiger partial charge in [-0.15, -0.1) is 19.7 Å². The summed E-state index contributed by atoms with van der Waals surface area (Å²) < 4.78 is 5.68. The number of rotatable bonds is 13. The maximum absolute atomic E-state index is 14.9. The molecule has 6 aromatic carbocycles. The van der Waals surface area contributed by atoms with Crippen LogP contribution in [-0.4, -0.2) is 24.6 Å². The van der Waals surface area contributed by atoms with Crippen LogP contribution in [0, 0.1) is 0 Å². The number of ketones is 2. The SMILES string of the molecule is C=C.C=CC.C=CNc1ccc(Sc2ccccc2Cc2ccc(C=C)cc2)c2c1C(=O)c1c(Sc3ccccc3C(=O)OCc3ccccc3)ccc(NC)c1C2=O.CC. The molecule has 0 atom stereocenters. The van der Waals surface area contributed by atoms with Gasteiger partial charge in [-0.2, -0.15) is 0 Å². The molecule has 0 saturated heterocycles. The number of anilines is 2. The fraction of sp³-hybridized carbons (Fsp3) is 0.113. The predicted molar refractivity (Wildman–Crippen MR) is 258 cm³/mol. The van der Waals surface area contributed by atoms with E-state index >= 15 is 0 Å². The summed E-state index contributed by atoms with van der Waals surface area (Å²) in [5, 5.41) is 6.24. The minimum Gasteiger partial charge on any atom is -0.457 e. The Kier molecular flexibility index (Phi) is 18.4. The van der Waals surface area contributed by atoms with E-state index in [2.05, 4.69) is 61.7 Å². The summed E-state index contributed by atoms with van der Waals surface area (Å²) in [6, 6.07) is 40.3. The number of carbonyl (C=O) groups is 3.